The Hall–Kier alpha value is -0.390. The van der Waals surface area contributed by atoms with Gasteiger partial charge in [-0.2, -0.15) is 0 Å². The normalized spacial score (nSPS) is 25.1. The van der Waals surface area contributed by atoms with Gasteiger partial charge in [-0.3, -0.25) is 9.69 Å². The van der Waals surface area contributed by atoms with Gasteiger partial charge in [0.25, 0.3) is 0 Å². The highest BCUT2D eigenvalue weighted by Gasteiger charge is 2.34. The summed E-state index contributed by atoms with van der Waals surface area (Å²) in [5, 5.41) is 0. The fourth-order valence-corrected chi connectivity index (χ4v) is 3.43. The lowest BCUT2D eigenvalue weighted by molar-refractivity contribution is -0.144. The Balaban J connectivity index is 1.98. The molecule has 2 atom stereocenters. The number of carbonyl (C=O) groups is 1. The summed E-state index contributed by atoms with van der Waals surface area (Å²) in [7, 11) is 1.97. The molecule has 0 spiro atoms. The summed E-state index contributed by atoms with van der Waals surface area (Å²) >= 11 is 5.14. The monoisotopic (exact) mass is 303 g/mol. The Morgan fingerprint density at radius 3 is 2.88 bits per heavy atom. The zero-order valence-electron chi connectivity index (χ0n) is 9.27. The Kier molecular flexibility index (Phi) is 3.66. The predicted octanol–water partition coefficient (Wildman–Crippen LogP) is 2.65. The first-order valence-corrected chi connectivity index (χ1v) is 6.82. The van der Waals surface area contributed by atoms with E-state index in [-0.39, 0.29) is 18.1 Å². The van der Waals surface area contributed by atoms with Crippen LogP contribution in [-0.4, -0.2) is 30.1 Å². The average Bonchev–Trinajstić information content (AvgIpc) is 2.73. The molecule has 16 heavy (non-hydrogen) atoms. The number of cyclic esters (lactones) is 1. The van der Waals surface area contributed by atoms with E-state index < -0.39 is 0 Å². The zero-order chi connectivity index (χ0) is 11.7. The lowest BCUT2D eigenvalue weighted by Crippen LogP contribution is -2.34. The van der Waals surface area contributed by atoms with Crippen LogP contribution >= 0.6 is 27.3 Å². The second-order valence-electron chi connectivity index (χ2n) is 4.12. The molecule has 1 aliphatic rings. The fraction of sp³-hybridized carbons (Fsp3) is 0.545. The molecule has 3 nitrogen and oxygen atoms in total. The molecular weight excluding hydrogens is 290 g/mol. The van der Waals surface area contributed by atoms with Crippen molar-refractivity contribution in [3.63, 3.8) is 0 Å². The second-order valence-corrected chi connectivity index (χ2v) is 6.67. The Morgan fingerprint density at radius 2 is 2.38 bits per heavy atom. The number of ether oxygens (including phenoxy) is 1. The van der Waals surface area contributed by atoms with Crippen molar-refractivity contribution in [3.8, 4) is 0 Å². The van der Waals surface area contributed by atoms with Gasteiger partial charge in [-0.15, -0.1) is 11.3 Å². The summed E-state index contributed by atoms with van der Waals surface area (Å²) < 4.78 is 6.27. The number of hydrogen-bond acceptors (Lipinski definition) is 4. The molecular formula is C11H14BrNO2S. The molecule has 2 heterocycles. The maximum absolute atomic E-state index is 11.6. The fourth-order valence-electron chi connectivity index (χ4n) is 1.89. The molecule has 0 aromatic carbocycles. The number of halogens is 1. The van der Waals surface area contributed by atoms with Crippen molar-refractivity contribution >= 4 is 33.2 Å². The number of rotatable bonds is 3. The maximum Gasteiger partial charge on any atom is 0.323 e. The number of carbonyl (C=O) groups excluding carboxylic acids is 1. The van der Waals surface area contributed by atoms with E-state index in [0.29, 0.717) is 0 Å². The van der Waals surface area contributed by atoms with Gasteiger partial charge in [-0.25, -0.2) is 0 Å². The lowest BCUT2D eigenvalue weighted by Gasteiger charge is -2.19. The van der Waals surface area contributed by atoms with Gasteiger partial charge < -0.3 is 4.74 Å². The third-order valence-corrected chi connectivity index (χ3v) is 4.32. The Bertz CT molecular complexity index is 393. The molecule has 0 amide bonds. The molecule has 1 fully saturated rings. The first-order chi connectivity index (χ1) is 7.56. The Labute approximate surface area is 108 Å². The number of hydrogen-bond donors (Lipinski definition) is 0. The Morgan fingerprint density at radius 1 is 1.62 bits per heavy atom. The van der Waals surface area contributed by atoms with E-state index in [1.54, 1.807) is 11.3 Å². The molecule has 0 bridgehead atoms. The van der Waals surface area contributed by atoms with Gasteiger partial charge in [0, 0.05) is 17.8 Å². The zero-order valence-corrected chi connectivity index (χ0v) is 11.7. The highest BCUT2D eigenvalue weighted by Crippen LogP contribution is 2.25. The van der Waals surface area contributed by atoms with Crippen LogP contribution < -0.4 is 0 Å². The summed E-state index contributed by atoms with van der Waals surface area (Å²) in [6.07, 6.45) is 0.844. The predicted molar refractivity (Wildman–Crippen MR) is 67.4 cm³/mol. The van der Waals surface area contributed by atoms with Gasteiger partial charge in [0.05, 0.1) is 3.79 Å². The van der Waals surface area contributed by atoms with Crippen molar-refractivity contribution in [3.05, 3.63) is 20.8 Å². The third-order valence-electron chi connectivity index (χ3n) is 2.71. The second kappa shape index (κ2) is 4.85. The maximum atomic E-state index is 11.6. The largest absolute Gasteiger partial charge is 0.461 e. The van der Waals surface area contributed by atoms with E-state index in [0.717, 1.165) is 16.8 Å². The summed E-state index contributed by atoms with van der Waals surface area (Å²) in [4.78, 5) is 14.9. The average molecular weight is 304 g/mol. The molecule has 1 aromatic heterocycles. The van der Waals surface area contributed by atoms with Crippen molar-refractivity contribution < 1.29 is 9.53 Å². The molecule has 0 aliphatic carbocycles. The minimum atomic E-state index is -0.0920. The van der Waals surface area contributed by atoms with Crippen LogP contribution in [0, 0.1) is 0 Å². The van der Waals surface area contributed by atoms with Crippen LogP contribution in [0.15, 0.2) is 15.9 Å². The summed E-state index contributed by atoms with van der Waals surface area (Å²) in [5.74, 6) is -0.0920. The summed E-state index contributed by atoms with van der Waals surface area (Å²) in [6, 6.07) is 4.02. The van der Waals surface area contributed by atoms with Crippen LogP contribution in [0.3, 0.4) is 0 Å². The SMILES string of the molecule is CC1CC(N(C)Cc2ccc(Br)s2)C(=O)O1. The molecule has 2 unspecified atom stereocenters. The van der Waals surface area contributed by atoms with Crippen molar-refractivity contribution in [1.82, 2.24) is 4.90 Å². The van der Waals surface area contributed by atoms with E-state index in [4.69, 9.17) is 4.74 Å². The van der Waals surface area contributed by atoms with Gasteiger partial charge in [0.1, 0.15) is 12.1 Å². The van der Waals surface area contributed by atoms with Crippen LogP contribution in [0.2, 0.25) is 0 Å². The standard InChI is InChI=1S/C11H14BrNO2S/c1-7-5-9(11(14)15-7)13(2)6-8-3-4-10(12)16-8/h3-4,7,9H,5-6H2,1-2H3. The van der Waals surface area contributed by atoms with E-state index in [1.807, 2.05) is 20.0 Å². The molecule has 1 aromatic rings. The van der Waals surface area contributed by atoms with E-state index >= 15 is 0 Å². The first kappa shape index (κ1) is 12.1. The minimum absolute atomic E-state index is 0.0509. The molecule has 0 radical (unpaired) electrons. The first-order valence-electron chi connectivity index (χ1n) is 5.21. The van der Waals surface area contributed by atoms with Crippen molar-refractivity contribution in [2.24, 2.45) is 0 Å². The number of likely N-dealkylation sites (N-methyl/N-ethyl adjacent to an activating group) is 1. The topological polar surface area (TPSA) is 29.5 Å². The molecule has 2 rings (SSSR count). The lowest BCUT2D eigenvalue weighted by atomic mass is 10.1. The van der Waals surface area contributed by atoms with Gasteiger partial charge in [0.2, 0.25) is 0 Å². The molecule has 5 heteroatoms. The summed E-state index contributed by atoms with van der Waals surface area (Å²) in [5.41, 5.74) is 0. The molecule has 1 saturated heterocycles. The van der Waals surface area contributed by atoms with Crippen LogP contribution in [-0.2, 0) is 16.1 Å². The van der Waals surface area contributed by atoms with E-state index in [9.17, 15) is 4.79 Å². The number of nitrogens with zero attached hydrogens (tertiary/aromatic N) is 1. The third kappa shape index (κ3) is 2.64. The van der Waals surface area contributed by atoms with Gasteiger partial charge in [-0.05, 0) is 42.0 Å². The van der Waals surface area contributed by atoms with Crippen LogP contribution in [0.4, 0.5) is 0 Å². The highest BCUT2D eigenvalue weighted by atomic mass is 79.9. The van der Waals surface area contributed by atoms with Gasteiger partial charge >= 0.3 is 5.97 Å². The summed E-state index contributed by atoms with van der Waals surface area (Å²) in [6.45, 7) is 2.73. The highest BCUT2D eigenvalue weighted by molar-refractivity contribution is 9.11. The molecule has 1 aliphatic heterocycles. The number of thiophene rings is 1. The van der Waals surface area contributed by atoms with E-state index in [1.165, 1.54) is 4.88 Å². The minimum Gasteiger partial charge on any atom is -0.461 e. The molecule has 0 saturated carbocycles. The van der Waals surface area contributed by atoms with Crippen LogP contribution in [0.5, 0.6) is 0 Å². The van der Waals surface area contributed by atoms with Gasteiger partial charge in [0.15, 0.2) is 0 Å². The van der Waals surface area contributed by atoms with Crippen molar-refractivity contribution in [2.75, 3.05) is 7.05 Å². The number of esters is 1. The molecule has 0 N–H and O–H groups in total. The van der Waals surface area contributed by atoms with Crippen LogP contribution in [0.1, 0.15) is 18.2 Å². The van der Waals surface area contributed by atoms with Crippen molar-refractivity contribution in [1.29, 1.82) is 0 Å². The quantitative estimate of drug-likeness (QED) is 0.804. The molecule has 88 valence electrons. The van der Waals surface area contributed by atoms with E-state index in [2.05, 4.69) is 26.9 Å². The van der Waals surface area contributed by atoms with Gasteiger partial charge in [-0.1, -0.05) is 0 Å². The van der Waals surface area contributed by atoms with Crippen molar-refractivity contribution in [2.45, 2.75) is 32.0 Å². The smallest absolute Gasteiger partial charge is 0.323 e. The van der Waals surface area contributed by atoms with Crippen LogP contribution in [0.25, 0.3) is 0 Å².